The molecule has 0 saturated heterocycles. The van der Waals surface area contributed by atoms with Crippen molar-refractivity contribution in [2.75, 3.05) is 6.54 Å². The van der Waals surface area contributed by atoms with E-state index in [0.29, 0.717) is 0 Å². The van der Waals surface area contributed by atoms with Crippen LogP contribution in [0.1, 0.15) is 15.9 Å². The van der Waals surface area contributed by atoms with Crippen molar-refractivity contribution in [3.63, 3.8) is 0 Å². The van der Waals surface area contributed by atoms with E-state index in [2.05, 4.69) is 10.3 Å². The van der Waals surface area contributed by atoms with E-state index in [-0.39, 0.29) is 18.7 Å². The van der Waals surface area contributed by atoms with E-state index in [9.17, 15) is 22.8 Å². The van der Waals surface area contributed by atoms with Crippen LogP contribution in [0.15, 0.2) is 47.5 Å². The second kappa shape index (κ2) is 6.42. The van der Waals surface area contributed by atoms with Crippen LogP contribution in [-0.4, -0.2) is 22.0 Å². The minimum absolute atomic E-state index is 0.0895. The van der Waals surface area contributed by atoms with Crippen molar-refractivity contribution in [3.8, 4) is 0 Å². The van der Waals surface area contributed by atoms with E-state index < -0.39 is 23.3 Å². The first-order chi connectivity index (χ1) is 10.4. The van der Waals surface area contributed by atoms with Gasteiger partial charge in [-0.25, -0.2) is 9.78 Å². The van der Waals surface area contributed by atoms with E-state index in [4.69, 9.17) is 0 Å². The Morgan fingerprint density at radius 1 is 1.27 bits per heavy atom. The average Bonchev–Trinajstić information content (AvgIpc) is 2.48. The van der Waals surface area contributed by atoms with Crippen LogP contribution in [0.3, 0.4) is 0 Å². The second-order valence-electron chi connectivity index (χ2n) is 4.43. The Labute approximate surface area is 123 Å². The second-order valence-corrected chi connectivity index (χ2v) is 4.43. The van der Waals surface area contributed by atoms with Crippen LogP contribution in [0.2, 0.25) is 0 Å². The molecule has 22 heavy (non-hydrogen) atoms. The van der Waals surface area contributed by atoms with Gasteiger partial charge >= 0.3 is 11.9 Å². The fraction of sp³-hybridized carbons (Fsp3) is 0.214. The zero-order valence-electron chi connectivity index (χ0n) is 11.3. The molecule has 0 radical (unpaired) electrons. The SMILES string of the molecule is O=C(NCCn1cccnc1=O)c1cccc(C(F)(F)F)c1. The van der Waals surface area contributed by atoms with Gasteiger partial charge in [-0.15, -0.1) is 0 Å². The van der Waals surface area contributed by atoms with Crippen LogP contribution in [0, 0.1) is 0 Å². The molecule has 0 fully saturated rings. The zero-order valence-corrected chi connectivity index (χ0v) is 11.3. The van der Waals surface area contributed by atoms with Crippen molar-refractivity contribution in [2.45, 2.75) is 12.7 Å². The molecule has 0 saturated carbocycles. The van der Waals surface area contributed by atoms with Crippen molar-refractivity contribution in [1.82, 2.24) is 14.9 Å². The first kappa shape index (κ1) is 15.7. The first-order valence-corrected chi connectivity index (χ1v) is 6.35. The van der Waals surface area contributed by atoms with Gasteiger partial charge in [0.2, 0.25) is 0 Å². The van der Waals surface area contributed by atoms with Crippen LogP contribution >= 0.6 is 0 Å². The molecule has 5 nitrogen and oxygen atoms in total. The Hall–Kier alpha value is -2.64. The van der Waals surface area contributed by atoms with Crippen molar-refractivity contribution in [1.29, 1.82) is 0 Å². The molecule has 1 aromatic heterocycles. The molecule has 8 heteroatoms. The highest BCUT2D eigenvalue weighted by atomic mass is 19.4. The van der Waals surface area contributed by atoms with Crippen LogP contribution in [0.4, 0.5) is 13.2 Å². The molecule has 2 aromatic rings. The molecule has 1 aromatic carbocycles. The number of rotatable bonds is 4. The van der Waals surface area contributed by atoms with E-state index >= 15 is 0 Å². The fourth-order valence-corrected chi connectivity index (χ4v) is 1.79. The summed E-state index contributed by atoms with van der Waals surface area (Å²) in [6.07, 6.45) is -1.65. The van der Waals surface area contributed by atoms with Crippen LogP contribution < -0.4 is 11.0 Å². The molecule has 0 atom stereocenters. The number of carbonyl (C=O) groups excluding carboxylic acids is 1. The number of carbonyl (C=O) groups is 1. The summed E-state index contributed by atoms with van der Waals surface area (Å²) in [7, 11) is 0. The van der Waals surface area contributed by atoms with Crippen LogP contribution in [-0.2, 0) is 12.7 Å². The van der Waals surface area contributed by atoms with Gasteiger partial charge in [0.25, 0.3) is 5.91 Å². The molecule has 0 aliphatic rings. The lowest BCUT2D eigenvalue weighted by Gasteiger charge is -2.09. The summed E-state index contributed by atoms with van der Waals surface area (Å²) in [5.41, 5.74) is -1.44. The molecule has 0 spiro atoms. The minimum Gasteiger partial charge on any atom is -0.350 e. The third kappa shape index (κ3) is 3.94. The molecule has 1 N–H and O–H groups in total. The largest absolute Gasteiger partial charge is 0.416 e. The number of nitrogens with zero attached hydrogens (tertiary/aromatic N) is 2. The highest BCUT2D eigenvalue weighted by Gasteiger charge is 2.30. The quantitative estimate of drug-likeness (QED) is 0.934. The van der Waals surface area contributed by atoms with Crippen molar-refractivity contribution in [3.05, 3.63) is 64.3 Å². The lowest BCUT2D eigenvalue weighted by molar-refractivity contribution is -0.137. The maximum Gasteiger partial charge on any atom is 0.416 e. The third-order valence-electron chi connectivity index (χ3n) is 2.87. The summed E-state index contributed by atoms with van der Waals surface area (Å²) in [6, 6.07) is 5.71. The molecule has 0 bridgehead atoms. The smallest absolute Gasteiger partial charge is 0.350 e. The molecule has 116 valence electrons. The van der Waals surface area contributed by atoms with Gasteiger partial charge in [0.05, 0.1) is 5.56 Å². The molecule has 1 heterocycles. The Balaban J connectivity index is 1.98. The monoisotopic (exact) mass is 311 g/mol. The Kier molecular flexibility index (Phi) is 4.59. The predicted octanol–water partition coefficient (Wildman–Crippen LogP) is 1.69. The van der Waals surface area contributed by atoms with Crippen LogP contribution in [0.5, 0.6) is 0 Å². The molecular weight excluding hydrogens is 299 g/mol. The summed E-state index contributed by atoms with van der Waals surface area (Å²) in [5.74, 6) is -0.636. The molecule has 1 amide bonds. The van der Waals surface area contributed by atoms with Gasteiger partial charge in [0.1, 0.15) is 0 Å². The number of halogens is 3. The van der Waals surface area contributed by atoms with Crippen molar-refractivity contribution in [2.24, 2.45) is 0 Å². The number of aromatic nitrogens is 2. The predicted molar refractivity (Wildman–Crippen MR) is 72.3 cm³/mol. The topological polar surface area (TPSA) is 64.0 Å². The fourth-order valence-electron chi connectivity index (χ4n) is 1.79. The molecule has 0 unspecified atom stereocenters. The van der Waals surface area contributed by atoms with E-state index in [1.165, 1.54) is 29.1 Å². The lowest BCUT2D eigenvalue weighted by atomic mass is 10.1. The summed E-state index contributed by atoms with van der Waals surface area (Å²) in [6.45, 7) is 0.276. The highest BCUT2D eigenvalue weighted by molar-refractivity contribution is 5.94. The van der Waals surface area contributed by atoms with Gasteiger partial charge < -0.3 is 5.32 Å². The van der Waals surface area contributed by atoms with Crippen LogP contribution in [0.25, 0.3) is 0 Å². The number of benzene rings is 1. The van der Waals surface area contributed by atoms with E-state index in [1.54, 1.807) is 6.07 Å². The number of nitrogens with one attached hydrogen (secondary N) is 1. The normalized spacial score (nSPS) is 11.2. The summed E-state index contributed by atoms with van der Waals surface area (Å²) in [4.78, 5) is 26.7. The Bertz CT molecular complexity index is 726. The summed E-state index contributed by atoms with van der Waals surface area (Å²) >= 11 is 0. The molecular formula is C14H12F3N3O2. The molecule has 0 aliphatic heterocycles. The molecule has 2 rings (SSSR count). The van der Waals surface area contributed by atoms with Gasteiger partial charge in [0, 0.05) is 31.0 Å². The third-order valence-corrected chi connectivity index (χ3v) is 2.87. The maximum atomic E-state index is 12.6. The number of hydrogen-bond donors (Lipinski definition) is 1. The number of hydrogen-bond acceptors (Lipinski definition) is 3. The van der Waals surface area contributed by atoms with Crippen molar-refractivity contribution < 1.29 is 18.0 Å². The van der Waals surface area contributed by atoms with Gasteiger partial charge in [-0.2, -0.15) is 13.2 Å². The van der Waals surface area contributed by atoms with Gasteiger partial charge in [-0.05, 0) is 24.3 Å². The van der Waals surface area contributed by atoms with Gasteiger partial charge in [-0.1, -0.05) is 6.07 Å². The van der Waals surface area contributed by atoms with Crippen molar-refractivity contribution >= 4 is 5.91 Å². The molecule has 0 aliphatic carbocycles. The average molecular weight is 311 g/mol. The highest BCUT2D eigenvalue weighted by Crippen LogP contribution is 2.29. The van der Waals surface area contributed by atoms with Gasteiger partial charge in [-0.3, -0.25) is 9.36 Å². The zero-order chi connectivity index (χ0) is 16.2. The standard InChI is InChI=1S/C14H12F3N3O2/c15-14(16,17)11-4-1-3-10(9-11)12(21)18-6-8-20-7-2-5-19-13(20)22/h1-5,7,9H,6,8H2,(H,18,21). The Morgan fingerprint density at radius 3 is 2.73 bits per heavy atom. The lowest BCUT2D eigenvalue weighted by Crippen LogP contribution is -2.31. The number of alkyl halides is 3. The van der Waals surface area contributed by atoms with E-state index in [1.807, 2.05) is 0 Å². The Morgan fingerprint density at radius 2 is 2.05 bits per heavy atom. The first-order valence-electron chi connectivity index (χ1n) is 6.35. The summed E-state index contributed by atoms with van der Waals surface area (Å²) in [5, 5.41) is 2.46. The minimum atomic E-state index is -4.50. The summed E-state index contributed by atoms with van der Waals surface area (Å²) < 4.78 is 39.0. The maximum absolute atomic E-state index is 12.6. The number of amides is 1. The van der Waals surface area contributed by atoms with Gasteiger partial charge in [0.15, 0.2) is 0 Å². The van der Waals surface area contributed by atoms with E-state index in [0.717, 1.165) is 12.1 Å².